The molecule has 0 N–H and O–H groups in total. The summed E-state index contributed by atoms with van der Waals surface area (Å²) in [5.74, 6) is -4.99. The highest BCUT2D eigenvalue weighted by molar-refractivity contribution is 6.20. The summed E-state index contributed by atoms with van der Waals surface area (Å²) in [6.45, 7) is 6.27. The van der Waals surface area contributed by atoms with Gasteiger partial charge in [-0.25, -0.2) is 9.18 Å². The van der Waals surface area contributed by atoms with Gasteiger partial charge in [-0.1, -0.05) is 18.2 Å². The highest BCUT2D eigenvalue weighted by atomic mass is 35.5. The van der Waals surface area contributed by atoms with Crippen LogP contribution in [0.3, 0.4) is 0 Å². The Balaban J connectivity index is 4.83. The lowest BCUT2D eigenvalue weighted by Crippen LogP contribution is -2.51. The van der Waals surface area contributed by atoms with Gasteiger partial charge < -0.3 is 4.74 Å². The molecule has 0 aromatic heterocycles. The molecule has 6 heteroatoms. The van der Waals surface area contributed by atoms with E-state index in [0.717, 1.165) is 13.8 Å². The summed E-state index contributed by atoms with van der Waals surface area (Å²) in [7, 11) is 0. The molecular formula is C9H12ClF3O2. The summed E-state index contributed by atoms with van der Waals surface area (Å²) in [6.07, 6.45) is 0. The van der Waals surface area contributed by atoms with E-state index in [4.69, 9.17) is 0 Å². The van der Waals surface area contributed by atoms with Gasteiger partial charge >= 0.3 is 11.9 Å². The lowest BCUT2D eigenvalue weighted by atomic mass is 10.0. The van der Waals surface area contributed by atoms with Crippen LogP contribution in [0.2, 0.25) is 0 Å². The maximum atomic E-state index is 13.1. The van der Waals surface area contributed by atoms with Gasteiger partial charge in [-0.05, 0) is 20.8 Å². The Hall–Kier alpha value is -0.710. The van der Waals surface area contributed by atoms with Crippen molar-refractivity contribution in [1.29, 1.82) is 0 Å². The monoisotopic (exact) mass is 244 g/mol. The SMILES string of the molecule is C=C(C)C(=O)OC(C)(C)C(F)(F)C(F)Cl. The van der Waals surface area contributed by atoms with Gasteiger partial charge in [0.25, 0.3) is 0 Å². The van der Waals surface area contributed by atoms with E-state index in [-0.39, 0.29) is 5.57 Å². The summed E-state index contributed by atoms with van der Waals surface area (Å²) in [6, 6.07) is 0. The first-order valence-corrected chi connectivity index (χ1v) is 4.51. The number of hydrogen-bond acceptors (Lipinski definition) is 2. The molecule has 2 nitrogen and oxygen atoms in total. The van der Waals surface area contributed by atoms with Gasteiger partial charge in [0, 0.05) is 5.57 Å². The topological polar surface area (TPSA) is 26.3 Å². The minimum atomic E-state index is -3.97. The zero-order valence-corrected chi connectivity index (χ0v) is 9.37. The average molecular weight is 245 g/mol. The predicted octanol–water partition coefficient (Wildman–Crippen LogP) is 3.05. The van der Waals surface area contributed by atoms with Gasteiger partial charge in [0.2, 0.25) is 5.63 Å². The van der Waals surface area contributed by atoms with Gasteiger partial charge in [0.15, 0.2) is 5.60 Å². The van der Waals surface area contributed by atoms with Crippen molar-refractivity contribution in [1.82, 2.24) is 0 Å². The molecule has 0 saturated carbocycles. The van der Waals surface area contributed by atoms with Crippen LogP contribution in [0.15, 0.2) is 12.2 Å². The second-order valence-electron chi connectivity index (χ2n) is 3.60. The van der Waals surface area contributed by atoms with Crippen molar-refractivity contribution < 1.29 is 22.7 Å². The molecule has 0 bridgehead atoms. The molecule has 88 valence electrons. The zero-order chi connectivity index (χ0) is 12.4. The molecular weight excluding hydrogens is 233 g/mol. The van der Waals surface area contributed by atoms with E-state index >= 15 is 0 Å². The lowest BCUT2D eigenvalue weighted by molar-refractivity contribution is -0.207. The van der Waals surface area contributed by atoms with E-state index in [9.17, 15) is 18.0 Å². The second-order valence-corrected chi connectivity index (χ2v) is 3.99. The molecule has 0 aromatic rings. The maximum Gasteiger partial charge on any atom is 0.333 e. The minimum absolute atomic E-state index is 0.0520. The van der Waals surface area contributed by atoms with E-state index in [0.29, 0.717) is 0 Å². The van der Waals surface area contributed by atoms with Crippen molar-refractivity contribution in [2.24, 2.45) is 0 Å². The number of carbonyl (C=O) groups excluding carboxylic acids is 1. The van der Waals surface area contributed by atoms with E-state index < -0.39 is 23.1 Å². The van der Waals surface area contributed by atoms with Crippen LogP contribution in [0.5, 0.6) is 0 Å². The quantitative estimate of drug-likeness (QED) is 0.432. The lowest BCUT2D eigenvalue weighted by Gasteiger charge is -2.33. The molecule has 1 atom stereocenters. The van der Waals surface area contributed by atoms with Crippen molar-refractivity contribution in [2.75, 3.05) is 0 Å². The Labute approximate surface area is 91.0 Å². The highest BCUT2D eigenvalue weighted by Crippen LogP contribution is 2.38. The van der Waals surface area contributed by atoms with Crippen LogP contribution in [-0.2, 0) is 9.53 Å². The van der Waals surface area contributed by atoms with Gasteiger partial charge in [-0.15, -0.1) is 0 Å². The summed E-state index contributed by atoms with van der Waals surface area (Å²) in [5, 5.41) is 0. The van der Waals surface area contributed by atoms with Crippen LogP contribution >= 0.6 is 11.6 Å². The number of hydrogen-bond donors (Lipinski definition) is 0. The number of halogens is 4. The standard InChI is InChI=1S/C9H12ClF3O2/c1-5(2)6(14)15-8(3,4)9(12,13)7(10)11/h7H,1H2,2-4H3. The number of alkyl halides is 4. The molecule has 0 aliphatic rings. The predicted molar refractivity (Wildman–Crippen MR) is 50.7 cm³/mol. The third-order valence-electron chi connectivity index (χ3n) is 1.77. The van der Waals surface area contributed by atoms with Gasteiger partial charge in [0.1, 0.15) is 0 Å². The molecule has 0 saturated heterocycles. The van der Waals surface area contributed by atoms with E-state index in [1.165, 1.54) is 6.92 Å². The van der Waals surface area contributed by atoms with Crippen LogP contribution in [0, 0.1) is 0 Å². The molecule has 15 heavy (non-hydrogen) atoms. The number of rotatable bonds is 4. The minimum Gasteiger partial charge on any atom is -0.450 e. The van der Waals surface area contributed by atoms with Crippen LogP contribution in [-0.4, -0.2) is 23.1 Å². The first kappa shape index (κ1) is 14.3. The first-order valence-electron chi connectivity index (χ1n) is 4.07. The van der Waals surface area contributed by atoms with Crippen LogP contribution in [0.4, 0.5) is 13.2 Å². The number of carbonyl (C=O) groups is 1. The molecule has 0 aliphatic carbocycles. The second kappa shape index (κ2) is 4.43. The first-order chi connectivity index (χ1) is 6.52. The third kappa shape index (κ3) is 3.12. The molecule has 0 rings (SSSR count). The number of esters is 1. The van der Waals surface area contributed by atoms with Crippen LogP contribution in [0.25, 0.3) is 0 Å². The Bertz CT molecular complexity index is 275. The Morgan fingerprint density at radius 1 is 1.47 bits per heavy atom. The molecule has 0 aliphatic heterocycles. The molecule has 0 spiro atoms. The van der Waals surface area contributed by atoms with Crippen molar-refractivity contribution in [3.05, 3.63) is 12.2 Å². The molecule has 0 radical (unpaired) electrons. The van der Waals surface area contributed by atoms with E-state index in [2.05, 4.69) is 22.9 Å². The van der Waals surface area contributed by atoms with Crippen LogP contribution < -0.4 is 0 Å². The van der Waals surface area contributed by atoms with E-state index in [1.54, 1.807) is 0 Å². The molecule has 0 aromatic carbocycles. The van der Waals surface area contributed by atoms with Crippen molar-refractivity contribution in [2.45, 2.75) is 37.9 Å². The highest BCUT2D eigenvalue weighted by Gasteiger charge is 2.56. The smallest absolute Gasteiger partial charge is 0.333 e. The van der Waals surface area contributed by atoms with Crippen molar-refractivity contribution in [3.8, 4) is 0 Å². The summed E-state index contributed by atoms with van der Waals surface area (Å²) in [5.41, 5.74) is -5.31. The Morgan fingerprint density at radius 2 is 1.87 bits per heavy atom. The summed E-state index contributed by atoms with van der Waals surface area (Å²) >= 11 is 4.69. The van der Waals surface area contributed by atoms with E-state index in [1.807, 2.05) is 0 Å². The summed E-state index contributed by atoms with van der Waals surface area (Å²) < 4.78 is 43.1. The molecule has 0 fully saturated rings. The fourth-order valence-electron chi connectivity index (χ4n) is 0.650. The Kier molecular flexibility index (Phi) is 4.22. The maximum absolute atomic E-state index is 13.1. The van der Waals surface area contributed by atoms with Crippen LogP contribution in [0.1, 0.15) is 20.8 Å². The van der Waals surface area contributed by atoms with Crippen molar-refractivity contribution in [3.63, 3.8) is 0 Å². The fourth-order valence-corrected chi connectivity index (χ4v) is 0.912. The zero-order valence-electron chi connectivity index (χ0n) is 8.61. The van der Waals surface area contributed by atoms with Crippen molar-refractivity contribution >= 4 is 17.6 Å². The largest absolute Gasteiger partial charge is 0.450 e. The van der Waals surface area contributed by atoms with Gasteiger partial charge in [-0.3, -0.25) is 0 Å². The van der Waals surface area contributed by atoms with Gasteiger partial charge in [-0.2, -0.15) is 8.78 Å². The normalized spacial score (nSPS) is 14.6. The summed E-state index contributed by atoms with van der Waals surface area (Å²) in [4.78, 5) is 11.0. The molecule has 0 heterocycles. The molecule has 0 amide bonds. The molecule has 1 unspecified atom stereocenters. The third-order valence-corrected chi connectivity index (χ3v) is 2.05. The Morgan fingerprint density at radius 3 is 2.13 bits per heavy atom. The average Bonchev–Trinajstić information content (AvgIpc) is 2.02. The van der Waals surface area contributed by atoms with Gasteiger partial charge in [0.05, 0.1) is 0 Å². The fraction of sp³-hybridized carbons (Fsp3) is 0.667. The number of ether oxygens (including phenoxy) is 1.